The molecule has 0 radical (unpaired) electrons. The highest BCUT2D eigenvalue weighted by atomic mass is 16.5. The van der Waals surface area contributed by atoms with Crippen molar-refractivity contribution in [2.45, 2.75) is 158 Å². The second-order valence-corrected chi connectivity index (χ2v) is 17.2. The number of unbranched alkanes of at least 4 members (excludes halogenated alkanes) is 2. The number of esters is 1. The van der Waals surface area contributed by atoms with Crippen LogP contribution < -0.4 is 0 Å². The molecule has 2 heteroatoms. The first kappa shape index (κ1) is 28.7. The van der Waals surface area contributed by atoms with E-state index in [1.165, 1.54) is 57.8 Å². The van der Waals surface area contributed by atoms with Gasteiger partial charge in [-0.05, 0) is 115 Å². The van der Waals surface area contributed by atoms with E-state index in [4.69, 9.17) is 4.74 Å². The van der Waals surface area contributed by atoms with Gasteiger partial charge in [-0.3, -0.25) is 4.79 Å². The van der Waals surface area contributed by atoms with Crippen molar-refractivity contribution in [3.63, 3.8) is 0 Å². The third-order valence-electron chi connectivity index (χ3n) is 14.3. The predicted octanol–water partition coefficient (Wildman–Crippen LogP) is 10.3. The lowest BCUT2D eigenvalue weighted by molar-refractivity contribution is -0.212. The number of carbonyl (C=O) groups excluding carboxylic acids is 1. The van der Waals surface area contributed by atoms with Crippen molar-refractivity contribution in [3.05, 3.63) is 11.6 Å². The van der Waals surface area contributed by atoms with E-state index in [0.717, 1.165) is 37.5 Å². The lowest BCUT2D eigenvalue weighted by Crippen LogP contribution is -2.64. The summed E-state index contributed by atoms with van der Waals surface area (Å²) in [5.74, 6) is 2.16. The Labute approximate surface area is 235 Å². The zero-order chi connectivity index (χ0) is 27.8. The molecule has 0 saturated heterocycles. The molecule has 0 spiro atoms. The third-order valence-corrected chi connectivity index (χ3v) is 14.3. The van der Waals surface area contributed by atoms with Gasteiger partial charge in [0.15, 0.2) is 0 Å². The molecule has 0 aromatic heterocycles. The number of ether oxygens (including phenoxy) is 1. The molecular weight excluding hydrogens is 464 g/mol. The van der Waals surface area contributed by atoms with E-state index in [2.05, 4.69) is 68.4 Å². The normalized spacial score (nSPS) is 47.0. The van der Waals surface area contributed by atoms with Gasteiger partial charge in [0.25, 0.3) is 0 Å². The van der Waals surface area contributed by atoms with Gasteiger partial charge in [0.05, 0.1) is 0 Å². The SMILES string of the molecule is CCCCCC(=O)O[C@H]1CC[C@]2(C)[C@H]3CC=C4[C@@H]5CC(C)(C)CC[C@]5(C)CC[C@@]4(C)[C@]3(C)CC[C@H]2C1(C)C. The maximum atomic E-state index is 12.7. The van der Waals surface area contributed by atoms with Crippen molar-refractivity contribution < 1.29 is 9.53 Å². The number of fused-ring (bicyclic) bond motifs is 7. The first-order chi connectivity index (χ1) is 17.6. The van der Waals surface area contributed by atoms with Crippen molar-refractivity contribution in [3.8, 4) is 0 Å². The second-order valence-electron chi connectivity index (χ2n) is 17.2. The molecule has 216 valence electrons. The van der Waals surface area contributed by atoms with Crippen molar-refractivity contribution in [1.29, 1.82) is 0 Å². The van der Waals surface area contributed by atoms with Gasteiger partial charge in [0, 0.05) is 11.8 Å². The van der Waals surface area contributed by atoms with E-state index < -0.39 is 0 Å². The Balaban J connectivity index is 1.42. The Bertz CT molecular complexity index is 958. The lowest BCUT2D eigenvalue weighted by atomic mass is 9.33. The maximum Gasteiger partial charge on any atom is 0.306 e. The Morgan fingerprint density at radius 3 is 2.29 bits per heavy atom. The van der Waals surface area contributed by atoms with Crippen LogP contribution in [0.5, 0.6) is 0 Å². The molecule has 4 fully saturated rings. The predicted molar refractivity (Wildman–Crippen MR) is 159 cm³/mol. The van der Waals surface area contributed by atoms with Gasteiger partial charge in [0.2, 0.25) is 0 Å². The first-order valence-electron chi connectivity index (χ1n) is 16.5. The molecule has 8 atom stereocenters. The molecular formula is C36H60O2. The summed E-state index contributed by atoms with van der Waals surface area (Å²) in [5, 5.41) is 0. The molecule has 0 heterocycles. The summed E-state index contributed by atoms with van der Waals surface area (Å²) in [5.41, 5.74) is 3.90. The van der Waals surface area contributed by atoms with E-state index in [9.17, 15) is 4.79 Å². The van der Waals surface area contributed by atoms with Crippen LogP contribution in [0.4, 0.5) is 0 Å². The largest absolute Gasteiger partial charge is 0.462 e. The Kier molecular flexibility index (Phi) is 7.09. The molecule has 0 aromatic rings. The zero-order valence-electron chi connectivity index (χ0n) is 26.6. The van der Waals surface area contributed by atoms with Crippen LogP contribution in [0.2, 0.25) is 0 Å². The van der Waals surface area contributed by atoms with Crippen LogP contribution in [-0.4, -0.2) is 12.1 Å². The Hall–Kier alpha value is -0.790. The third kappa shape index (κ3) is 4.19. The highest BCUT2D eigenvalue weighted by Crippen LogP contribution is 2.75. The Morgan fingerprint density at radius 1 is 0.868 bits per heavy atom. The zero-order valence-corrected chi connectivity index (χ0v) is 26.6. The summed E-state index contributed by atoms with van der Waals surface area (Å²) in [6.45, 7) is 22.8. The molecule has 0 N–H and O–H groups in total. The number of rotatable bonds is 5. The molecule has 0 aliphatic heterocycles. The average molecular weight is 525 g/mol. The van der Waals surface area contributed by atoms with Crippen molar-refractivity contribution in [1.82, 2.24) is 0 Å². The Morgan fingerprint density at radius 2 is 1.58 bits per heavy atom. The summed E-state index contributed by atoms with van der Waals surface area (Å²) < 4.78 is 6.25. The van der Waals surface area contributed by atoms with Crippen LogP contribution in [0.25, 0.3) is 0 Å². The molecule has 4 saturated carbocycles. The minimum atomic E-state index is 0.0399. The van der Waals surface area contributed by atoms with E-state index in [1.54, 1.807) is 0 Å². The monoisotopic (exact) mass is 524 g/mol. The molecule has 0 amide bonds. The summed E-state index contributed by atoms with van der Waals surface area (Å²) in [6.07, 6.45) is 19.8. The molecule has 5 rings (SSSR count). The number of hydrogen-bond donors (Lipinski definition) is 0. The summed E-state index contributed by atoms with van der Waals surface area (Å²) in [6, 6.07) is 0. The average Bonchev–Trinajstić information content (AvgIpc) is 2.82. The number of hydrogen-bond acceptors (Lipinski definition) is 2. The fourth-order valence-electron chi connectivity index (χ4n) is 11.4. The minimum Gasteiger partial charge on any atom is -0.462 e. The van der Waals surface area contributed by atoms with E-state index in [1.807, 2.05) is 5.57 Å². The van der Waals surface area contributed by atoms with E-state index >= 15 is 0 Å². The van der Waals surface area contributed by atoms with Crippen LogP contribution in [0.3, 0.4) is 0 Å². The van der Waals surface area contributed by atoms with Gasteiger partial charge in [0.1, 0.15) is 6.10 Å². The lowest BCUT2D eigenvalue weighted by Gasteiger charge is -2.71. The molecule has 5 aliphatic rings. The summed E-state index contributed by atoms with van der Waals surface area (Å²) >= 11 is 0. The van der Waals surface area contributed by atoms with Gasteiger partial charge in [-0.15, -0.1) is 0 Å². The molecule has 0 aromatic carbocycles. The summed E-state index contributed by atoms with van der Waals surface area (Å²) in [7, 11) is 0. The minimum absolute atomic E-state index is 0.0399. The van der Waals surface area contributed by atoms with Gasteiger partial charge in [-0.1, -0.05) is 86.8 Å². The molecule has 5 aliphatic carbocycles. The van der Waals surface area contributed by atoms with Gasteiger partial charge in [-0.25, -0.2) is 0 Å². The van der Waals surface area contributed by atoms with Crippen molar-refractivity contribution >= 4 is 5.97 Å². The van der Waals surface area contributed by atoms with Gasteiger partial charge >= 0.3 is 5.97 Å². The maximum absolute atomic E-state index is 12.7. The van der Waals surface area contributed by atoms with Crippen LogP contribution >= 0.6 is 0 Å². The van der Waals surface area contributed by atoms with Gasteiger partial charge < -0.3 is 4.74 Å². The number of carbonyl (C=O) groups is 1. The molecule has 2 nitrogen and oxygen atoms in total. The topological polar surface area (TPSA) is 26.3 Å². The second kappa shape index (κ2) is 9.37. The van der Waals surface area contributed by atoms with E-state index in [0.29, 0.717) is 39.4 Å². The van der Waals surface area contributed by atoms with Crippen LogP contribution in [0.1, 0.15) is 152 Å². The van der Waals surface area contributed by atoms with E-state index in [-0.39, 0.29) is 17.5 Å². The molecule has 0 unspecified atom stereocenters. The highest BCUT2D eigenvalue weighted by Gasteiger charge is 2.68. The number of allylic oxidation sites excluding steroid dienone is 2. The first-order valence-corrected chi connectivity index (χ1v) is 16.5. The van der Waals surface area contributed by atoms with Gasteiger partial charge in [-0.2, -0.15) is 0 Å². The standard InChI is InChI=1S/C36H60O2/c1-10-11-12-13-30(37)38-29-17-18-34(7)27(32(29,4)5)16-19-36(9)28(34)15-14-25-26-24-31(2,3)20-21-33(26,6)22-23-35(25,36)8/h14,26-29H,10-13,15-24H2,1-9H3/t26-,27-,28+,29-,33+,34-,35+,36+/m0/s1. The fourth-order valence-corrected chi connectivity index (χ4v) is 11.4. The van der Waals surface area contributed by atoms with Crippen LogP contribution in [0.15, 0.2) is 11.6 Å². The summed E-state index contributed by atoms with van der Waals surface area (Å²) in [4.78, 5) is 12.7. The van der Waals surface area contributed by atoms with Crippen molar-refractivity contribution in [2.24, 2.45) is 50.2 Å². The molecule has 38 heavy (non-hydrogen) atoms. The fraction of sp³-hybridized carbons (Fsp3) is 0.917. The quantitative estimate of drug-likeness (QED) is 0.203. The molecule has 0 bridgehead atoms. The van der Waals surface area contributed by atoms with Crippen molar-refractivity contribution in [2.75, 3.05) is 0 Å². The van der Waals surface area contributed by atoms with Crippen LogP contribution in [0, 0.1) is 50.2 Å². The smallest absolute Gasteiger partial charge is 0.306 e. The highest BCUT2D eigenvalue weighted by molar-refractivity contribution is 5.69. The van der Waals surface area contributed by atoms with Crippen LogP contribution in [-0.2, 0) is 9.53 Å².